The Balaban J connectivity index is 2.53. The number of nitrogens with zero attached hydrogens (tertiary/aromatic N) is 1. The number of nitrogens with one attached hydrogen (secondary N) is 1. The van der Waals surface area contributed by atoms with Crippen LogP contribution in [0.2, 0.25) is 0 Å². The van der Waals surface area contributed by atoms with Crippen molar-refractivity contribution in [2.75, 3.05) is 13.6 Å². The number of rotatable bonds is 5. The molecule has 0 bridgehead atoms. The van der Waals surface area contributed by atoms with Gasteiger partial charge in [-0.3, -0.25) is 0 Å². The maximum Gasteiger partial charge on any atom is 0.416 e. The molecule has 112 valence electrons. The highest BCUT2D eigenvalue weighted by Crippen LogP contribution is 2.29. The quantitative estimate of drug-likeness (QED) is 0.824. The number of alkyl halides is 3. The summed E-state index contributed by atoms with van der Waals surface area (Å²) < 4.78 is 37.2. The van der Waals surface area contributed by atoms with Gasteiger partial charge in [0.05, 0.1) is 5.56 Å². The first kappa shape index (κ1) is 16.3. The molecule has 0 heterocycles. The Morgan fingerprint density at radius 1 is 1.25 bits per heavy atom. The maximum atomic E-state index is 12.4. The molecule has 1 aromatic carbocycles. The first-order valence-corrected chi connectivity index (χ1v) is 6.49. The topological polar surface area (TPSA) is 32.3 Å². The third kappa shape index (κ3) is 5.11. The number of carbonyl (C=O) groups excluding carboxylic acids is 1. The van der Waals surface area contributed by atoms with E-state index in [1.807, 2.05) is 6.92 Å². The number of amides is 2. The molecular formula is C14H19F3N2O. The van der Waals surface area contributed by atoms with Crippen molar-refractivity contribution in [3.63, 3.8) is 0 Å². The van der Waals surface area contributed by atoms with E-state index in [2.05, 4.69) is 5.32 Å². The summed E-state index contributed by atoms with van der Waals surface area (Å²) >= 11 is 0. The van der Waals surface area contributed by atoms with E-state index in [4.69, 9.17) is 0 Å². The zero-order chi connectivity index (χ0) is 15.2. The van der Waals surface area contributed by atoms with Crippen LogP contribution < -0.4 is 5.32 Å². The van der Waals surface area contributed by atoms with Crippen LogP contribution in [0.1, 0.15) is 30.9 Å². The summed E-state index contributed by atoms with van der Waals surface area (Å²) in [4.78, 5) is 13.1. The lowest BCUT2D eigenvalue weighted by atomic mass is 10.1. The highest BCUT2D eigenvalue weighted by atomic mass is 19.4. The van der Waals surface area contributed by atoms with Gasteiger partial charge >= 0.3 is 12.2 Å². The third-order valence-corrected chi connectivity index (χ3v) is 2.85. The van der Waals surface area contributed by atoms with Crippen LogP contribution in [0.25, 0.3) is 0 Å². The van der Waals surface area contributed by atoms with Crippen molar-refractivity contribution in [2.45, 2.75) is 32.5 Å². The van der Waals surface area contributed by atoms with Crippen LogP contribution in [-0.4, -0.2) is 24.5 Å². The SMILES string of the molecule is CCCCNC(=O)N(C)Cc1ccc(C(F)(F)F)cc1. The van der Waals surface area contributed by atoms with Crippen LogP contribution in [-0.2, 0) is 12.7 Å². The summed E-state index contributed by atoms with van der Waals surface area (Å²) in [5, 5.41) is 2.75. The maximum absolute atomic E-state index is 12.4. The smallest absolute Gasteiger partial charge is 0.338 e. The fourth-order valence-electron chi connectivity index (χ4n) is 1.65. The number of unbranched alkanes of at least 4 members (excludes halogenated alkanes) is 1. The van der Waals surface area contributed by atoms with Crippen LogP contribution in [0.4, 0.5) is 18.0 Å². The highest BCUT2D eigenvalue weighted by molar-refractivity contribution is 5.73. The summed E-state index contributed by atoms with van der Waals surface area (Å²) in [5.74, 6) is 0. The van der Waals surface area contributed by atoms with Crippen molar-refractivity contribution in [1.82, 2.24) is 10.2 Å². The molecule has 3 nitrogen and oxygen atoms in total. The number of hydrogen-bond donors (Lipinski definition) is 1. The third-order valence-electron chi connectivity index (χ3n) is 2.85. The first-order chi connectivity index (χ1) is 9.34. The Morgan fingerprint density at radius 3 is 2.35 bits per heavy atom. The van der Waals surface area contributed by atoms with E-state index >= 15 is 0 Å². The predicted octanol–water partition coefficient (Wildman–Crippen LogP) is 3.65. The van der Waals surface area contributed by atoms with Gasteiger partial charge in [-0.15, -0.1) is 0 Å². The molecule has 1 N–H and O–H groups in total. The standard InChI is InChI=1S/C14H19F3N2O/c1-3-4-9-18-13(20)19(2)10-11-5-7-12(8-6-11)14(15,16)17/h5-8H,3-4,9-10H2,1-2H3,(H,18,20). The molecule has 0 aliphatic rings. The van der Waals surface area contributed by atoms with E-state index in [1.54, 1.807) is 7.05 Å². The lowest BCUT2D eigenvalue weighted by Crippen LogP contribution is -2.37. The molecule has 0 spiro atoms. The number of urea groups is 1. The van der Waals surface area contributed by atoms with E-state index in [0.717, 1.165) is 25.0 Å². The van der Waals surface area contributed by atoms with Gasteiger partial charge in [0.1, 0.15) is 0 Å². The van der Waals surface area contributed by atoms with Crippen molar-refractivity contribution < 1.29 is 18.0 Å². The minimum Gasteiger partial charge on any atom is -0.338 e. The fraction of sp³-hybridized carbons (Fsp3) is 0.500. The number of halogens is 3. The molecule has 0 saturated carbocycles. The lowest BCUT2D eigenvalue weighted by molar-refractivity contribution is -0.137. The van der Waals surface area contributed by atoms with Crippen LogP contribution in [0.3, 0.4) is 0 Å². The molecule has 1 aromatic rings. The molecular weight excluding hydrogens is 269 g/mol. The summed E-state index contributed by atoms with van der Waals surface area (Å²) in [6, 6.07) is 4.60. The van der Waals surface area contributed by atoms with Crippen molar-refractivity contribution in [3.8, 4) is 0 Å². The molecule has 0 unspecified atom stereocenters. The van der Waals surface area contributed by atoms with Gasteiger partial charge < -0.3 is 10.2 Å². The second-order valence-electron chi connectivity index (χ2n) is 4.64. The molecule has 20 heavy (non-hydrogen) atoms. The van der Waals surface area contributed by atoms with Gasteiger partial charge in [0.15, 0.2) is 0 Å². The van der Waals surface area contributed by atoms with Crippen LogP contribution in [0.5, 0.6) is 0 Å². The van der Waals surface area contributed by atoms with Crippen LogP contribution >= 0.6 is 0 Å². The normalized spacial score (nSPS) is 11.2. The minimum absolute atomic E-state index is 0.224. The Labute approximate surface area is 116 Å². The van der Waals surface area contributed by atoms with E-state index < -0.39 is 11.7 Å². The molecule has 6 heteroatoms. The molecule has 0 aromatic heterocycles. The van der Waals surface area contributed by atoms with Gasteiger partial charge in [0.2, 0.25) is 0 Å². The number of carbonyl (C=O) groups is 1. The van der Waals surface area contributed by atoms with Gasteiger partial charge in [-0.25, -0.2) is 4.79 Å². The summed E-state index contributed by atoms with van der Waals surface area (Å²) in [6.45, 7) is 2.90. The average Bonchev–Trinajstić information content (AvgIpc) is 2.38. The molecule has 2 amide bonds. The van der Waals surface area contributed by atoms with E-state index in [0.29, 0.717) is 12.1 Å². The lowest BCUT2D eigenvalue weighted by Gasteiger charge is -2.18. The van der Waals surface area contributed by atoms with Gasteiger partial charge in [-0.2, -0.15) is 13.2 Å². The van der Waals surface area contributed by atoms with E-state index in [9.17, 15) is 18.0 Å². The number of benzene rings is 1. The molecule has 0 aliphatic carbocycles. The van der Waals surface area contributed by atoms with Crippen molar-refractivity contribution >= 4 is 6.03 Å². The van der Waals surface area contributed by atoms with Gasteiger partial charge in [-0.05, 0) is 24.1 Å². The van der Waals surface area contributed by atoms with Crippen molar-refractivity contribution in [1.29, 1.82) is 0 Å². The molecule has 0 fully saturated rings. The molecule has 0 atom stereocenters. The average molecular weight is 288 g/mol. The highest BCUT2D eigenvalue weighted by Gasteiger charge is 2.29. The Hall–Kier alpha value is -1.72. The Kier molecular flexibility index (Phi) is 5.85. The summed E-state index contributed by atoms with van der Waals surface area (Å²) in [7, 11) is 1.61. The number of hydrogen-bond acceptors (Lipinski definition) is 1. The van der Waals surface area contributed by atoms with E-state index in [1.165, 1.54) is 17.0 Å². The van der Waals surface area contributed by atoms with Crippen molar-refractivity contribution in [2.24, 2.45) is 0 Å². The Bertz CT molecular complexity index is 429. The monoisotopic (exact) mass is 288 g/mol. The summed E-state index contributed by atoms with van der Waals surface area (Å²) in [5.41, 5.74) is -0.0255. The second kappa shape index (κ2) is 7.17. The van der Waals surface area contributed by atoms with Crippen molar-refractivity contribution in [3.05, 3.63) is 35.4 Å². The fourth-order valence-corrected chi connectivity index (χ4v) is 1.65. The van der Waals surface area contributed by atoms with Gasteiger partial charge in [0, 0.05) is 20.1 Å². The van der Waals surface area contributed by atoms with Crippen LogP contribution in [0, 0.1) is 0 Å². The predicted molar refractivity (Wildman–Crippen MR) is 71.2 cm³/mol. The van der Waals surface area contributed by atoms with Crippen LogP contribution in [0.15, 0.2) is 24.3 Å². The zero-order valence-electron chi connectivity index (χ0n) is 11.6. The molecule has 1 rings (SSSR count). The van der Waals surface area contributed by atoms with Gasteiger partial charge in [0.25, 0.3) is 0 Å². The largest absolute Gasteiger partial charge is 0.416 e. The second-order valence-corrected chi connectivity index (χ2v) is 4.64. The Morgan fingerprint density at radius 2 is 1.85 bits per heavy atom. The van der Waals surface area contributed by atoms with E-state index in [-0.39, 0.29) is 12.6 Å². The van der Waals surface area contributed by atoms with Gasteiger partial charge in [-0.1, -0.05) is 25.5 Å². The minimum atomic E-state index is -4.33. The molecule has 0 saturated heterocycles. The summed E-state index contributed by atoms with van der Waals surface area (Å²) in [6.07, 6.45) is -2.44. The molecule has 0 radical (unpaired) electrons. The molecule has 0 aliphatic heterocycles. The first-order valence-electron chi connectivity index (χ1n) is 6.49. The zero-order valence-corrected chi connectivity index (χ0v) is 11.6.